The number of nitrogens with one attached hydrogen (secondary N) is 2. The maximum atomic E-state index is 11.9. The van der Waals surface area contributed by atoms with Gasteiger partial charge in [-0.3, -0.25) is 9.20 Å². The lowest BCUT2D eigenvalue weighted by Gasteiger charge is -2.21. The minimum atomic E-state index is -0.511. The number of hydrogen-bond acceptors (Lipinski definition) is 6. The number of rotatable bonds is 5. The molecule has 0 spiro atoms. The number of fused-ring (bicyclic) bond motifs is 2. The number of anilines is 1. The quantitative estimate of drug-likeness (QED) is 0.464. The van der Waals surface area contributed by atoms with Crippen molar-refractivity contribution in [3.05, 3.63) is 76.7 Å². The summed E-state index contributed by atoms with van der Waals surface area (Å²) < 4.78 is 1.84. The van der Waals surface area contributed by atoms with E-state index in [0.29, 0.717) is 30.1 Å². The Hall–Kier alpha value is -3.78. The van der Waals surface area contributed by atoms with Gasteiger partial charge in [-0.25, -0.2) is 15.0 Å². The van der Waals surface area contributed by atoms with Crippen molar-refractivity contribution >= 4 is 17.4 Å². The van der Waals surface area contributed by atoms with Crippen molar-refractivity contribution in [3.8, 4) is 11.5 Å². The van der Waals surface area contributed by atoms with Gasteiger partial charge in [0.05, 0.1) is 17.0 Å². The van der Waals surface area contributed by atoms with Gasteiger partial charge in [-0.1, -0.05) is 30.3 Å². The number of benzene rings is 1. The molecule has 156 valence electrons. The van der Waals surface area contributed by atoms with Gasteiger partial charge in [0.15, 0.2) is 5.82 Å². The van der Waals surface area contributed by atoms with Crippen molar-refractivity contribution < 1.29 is 4.79 Å². The highest BCUT2D eigenvalue weighted by molar-refractivity contribution is 5.99. The van der Waals surface area contributed by atoms with E-state index in [0.717, 1.165) is 41.4 Å². The van der Waals surface area contributed by atoms with Crippen LogP contribution >= 0.6 is 0 Å². The first-order chi connectivity index (χ1) is 15.1. The van der Waals surface area contributed by atoms with E-state index >= 15 is 0 Å². The van der Waals surface area contributed by atoms with Crippen LogP contribution in [-0.2, 0) is 19.5 Å². The van der Waals surface area contributed by atoms with E-state index in [4.69, 9.17) is 15.7 Å². The van der Waals surface area contributed by atoms with E-state index < -0.39 is 5.91 Å². The molecule has 31 heavy (non-hydrogen) atoms. The highest BCUT2D eigenvalue weighted by atomic mass is 16.1. The zero-order valence-corrected chi connectivity index (χ0v) is 17.2. The van der Waals surface area contributed by atoms with Crippen LogP contribution in [0, 0.1) is 6.92 Å². The molecule has 0 atom stereocenters. The Morgan fingerprint density at radius 3 is 2.81 bits per heavy atom. The summed E-state index contributed by atoms with van der Waals surface area (Å²) in [6.45, 7) is 4.15. The number of aromatic nitrogens is 4. The van der Waals surface area contributed by atoms with Crippen molar-refractivity contribution in [1.82, 2.24) is 24.7 Å². The number of aryl methyl sites for hydroxylation is 1. The van der Waals surface area contributed by atoms with Crippen LogP contribution in [0.3, 0.4) is 0 Å². The molecular formula is C23H23N7O. The summed E-state index contributed by atoms with van der Waals surface area (Å²) in [4.78, 5) is 26.2. The summed E-state index contributed by atoms with van der Waals surface area (Å²) in [5.74, 6) is 0.901. The first kappa shape index (κ1) is 19.2. The molecular weight excluding hydrogens is 390 g/mol. The molecule has 4 heterocycles. The monoisotopic (exact) mass is 413 g/mol. The fraction of sp³-hybridized carbons (Fsp3) is 0.217. The van der Waals surface area contributed by atoms with Crippen LogP contribution in [0.2, 0.25) is 0 Å². The molecule has 0 saturated carbocycles. The lowest BCUT2D eigenvalue weighted by atomic mass is 10.1. The molecule has 1 aromatic carbocycles. The second-order valence-corrected chi connectivity index (χ2v) is 7.61. The van der Waals surface area contributed by atoms with Gasteiger partial charge < -0.3 is 16.4 Å². The van der Waals surface area contributed by atoms with Crippen LogP contribution in [0.15, 0.2) is 48.7 Å². The highest BCUT2D eigenvalue weighted by Gasteiger charge is 2.22. The lowest BCUT2D eigenvalue weighted by molar-refractivity contribution is 0.100. The van der Waals surface area contributed by atoms with Gasteiger partial charge in [-0.05, 0) is 37.6 Å². The van der Waals surface area contributed by atoms with Crippen molar-refractivity contribution in [3.63, 3.8) is 0 Å². The summed E-state index contributed by atoms with van der Waals surface area (Å²) in [6.07, 6.45) is 2.72. The topological polar surface area (TPSA) is 110 Å². The average molecular weight is 413 g/mol. The van der Waals surface area contributed by atoms with E-state index in [1.165, 1.54) is 5.56 Å². The molecule has 0 bridgehead atoms. The molecule has 4 aromatic rings. The maximum absolute atomic E-state index is 11.9. The predicted octanol–water partition coefficient (Wildman–Crippen LogP) is 2.46. The Bertz CT molecular complexity index is 1280. The first-order valence-corrected chi connectivity index (χ1v) is 10.3. The summed E-state index contributed by atoms with van der Waals surface area (Å²) in [6, 6.07) is 13.7. The van der Waals surface area contributed by atoms with Crippen LogP contribution in [0.5, 0.6) is 0 Å². The molecule has 0 fully saturated rings. The number of nitrogens with two attached hydrogens (primary N) is 1. The third-order valence-electron chi connectivity index (χ3n) is 5.54. The van der Waals surface area contributed by atoms with Gasteiger partial charge in [0, 0.05) is 24.8 Å². The van der Waals surface area contributed by atoms with Gasteiger partial charge in [0.25, 0.3) is 5.91 Å². The van der Waals surface area contributed by atoms with E-state index in [-0.39, 0.29) is 0 Å². The van der Waals surface area contributed by atoms with Crippen molar-refractivity contribution in [2.75, 3.05) is 11.9 Å². The van der Waals surface area contributed by atoms with Gasteiger partial charge in [0.2, 0.25) is 0 Å². The highest BCUT2D eigenvalue weighted by Crippen LogP contribution is 2.28. The van der Waals surface area contributed by atoms with Gasteiger partial charge in [-0.15, -0.1) is 0 Å². The van der Waals surface area contributed by atoms with E-state index in [9.17, 15) is 4.79 Å². The predicted molar refractivity (Wildman–Crippen MR) is 119 cm³/mol. The number of pyridine rings is 1. The smallest absolute Gasteiger partial charge is 0.252 e. The van der Waals surface area contributed by atoms with Crippen LogP contribution < -0.4 is 16.4 Å². The summed E-state index contributed by atoms with van der Waals surface area (Å²) in [7, 11) is 0. The van der Waals surface area contributed by atoms with Gasteiger partial charge >= 0.3 is 0 Å². The second kappa shape index (κ2) is 7.81. The summed E-state index contributed by atoms with van der Waals surface area (Å²) >= 11 is 0. The van der Waals surface area contributed by atoms with Crippen molar-refractivity contribution in [1.29, 1.82) is 0 Å². The third-order valence-corrected chi connectivity index (χ3v) is 5.54. The first-order valence-electron chi connectivity index (χ1n) is 10.3. The minimum absolute atomic E-state index is 0.374. The standard InChI is InChI=1S/C23H23N7O/c1-14-19(30-11-5-8-17(20(24)31)23(30)27-14)22-28-18-13-25-10-9-16(18)21(29-22)26-12-15-6-3-2-4-7-15/h2-8,11,25H,9-10,12-13H2,1H3,(H2,24,31)(H,26,28,29). The molecule has 5 rings (SSSR count). The zero-order chi connectivity index (χ0) is 21.4. The average Bonchev–Trinajstić information content (AvgIpc) is 3.13. The summed E-state index contributed by atoms with van der Waals surface area (Å²) in [5, 5.41) is 6.89. The van der Waals surface area contributed by atoms with Crippen molar-refractivity contribution in [2.45, 2.75) is 26.4 Å². The number of hydrogen-bond donors (Lipinski definition) is 3. The second-order valence-electron chi connectivity index (χ2n) is 7.61. The molecule has 0 saturated heterocycles. The van der Waals surface area contributed by atoms with Gasteiger partial charge in [0.1, 0.15) is 17.2 Å². The third kappa shape index (κ3) is 3.51. The Morgan fingerprint density at radius 1 is 1.16 bits per heavy atom. The Morgan fingerprint density at radius 2 is 2.00 bits per heavy atom. The Labute approximate surface area is 179 Å². The number of amides is 1. The summed E-state index contributed by atoms with van der Waals surface area (Å²) in [5.41, 5.74) is 11.2. The van der Waals surface area contributed by atoms with Gasteiger partial charge in [-0.2, -0.15) is 0 Å². The minimum Gasteiger partial charge on any atom is -0.366 e. The molecule has 8 heteroatoms. The molecule has 0 aliphatic carbocycles. The molecule has 0 unspecified atom stereocenters. The number of carbonyl (C=O) groups is 1. The van der Waals surface area contributed by atoms with Crippen LogP contribution in [0.25, 0.3) is 17.2 Å². The SMILES string of the molecule is Cc1nc2c(C(N)=O)cccn2c1-c1nc2c(c(NCc3ccccc3)n1)CCNC2. The molecule has 1 aliphatic rings. The Balaban J connectivity index is 1.62. The largest absolute Gasteiger partial charge is 0.366 e. The molecule has 8 nitrogen and oxygen atoms in total. The molecule has 4 N–H and O–H groups in total. The normalized spacial score (nSPS) is 13.2. The molecule has 3 aromatic heterocycles. The van der Waals surface area contributed by atoms with E-state index in [2.05, 4.69) is 27.8 Å². The Kier molecular flexibility index (Phi) is 4.83. The van der Waals surface area contributed by atoms with Crippen molar-refractivity contribution in [2.24, 2.45) is 5.73 Å². The number of carbonyl (C=O) groups excluding carboxylic acids is 1. The zero-order valence-electron chi connectivity index (χ0n) is 17.2. The van der Waals surface area contributed by atoms with Crippen LogP contribution in [0.1, 0.15) is 32.9 Å². The molecule has 1 aliphatic heterocycles. The number of imidazole rings is 1. The lowest BCUT2D eigenvalue weighted by Crippen LogP contribution is -2.26. The molecule has 1 amide bonds. The molecule has 0 radical (unpaired) electrons. The number of primary amides is 1. The van der Waals surface area contributed by atoms with E-state index in [1.807, 2.05) is 35.7 Å². The fourth-order valence-electron chi connectivity index (χ4n) is 4.04. The fourth-order valence-corrected chi connectivity index (χ4v) is 4.04. The number of nitrogens with zero attached hydrogens (tertiary/aromatic N) is 4. The van der Waals surface area contributed by atoms with E-state index in [1.54, 1.807) is 12.1 Å². The van der Waals surface area contributed by atoms with Crippen LogP contribution in [-0.4, -0.2) is 31.8 Å². The maximum Gasteiger partial charge on any atom is 0.252 e. The van der Waals surface area contributed by atoms with Crippen LogP contribution in [0.4, 0.5) is 5.82 Å².